The molecule has 0 unspecified atom stereocenters. The van der Waals surface area contributed by atoms with Crippen LogP contribution in [0.4, 0.5) is 18.9 Å². The second kappa shape index (κ2) is 11.5. The maximum Gasteiger partial charge on any atom is 0.573 e. The van der Waals surface area contributed by atoms with Gasteiger partial charge in [0.25, 0.3) is 0 Å². The summed E-state index contributed by atoms with van der Waals surface area (Å²) >= 11 is 0. The molecule has 1 aliphatic heterocycles. The number of carbonyl (C=O) groups is 1. The minimum absolute atomic E-state index is 0.0307. The number of nitriles is 1. The SMILES string of the molecule is CCCC[C@H]1CN(c2cccc(OC(F)(F)F)c2)C(=O)CN1Cc1cncn1Cc1ccc(C#N)cc1. The predicted octanol–water partition coefficient (Wildman–Crippen LogP) is 5.11. The maximum absolute atomic E-state index is 13.2. The molecule has 37 heavy (non-hydrogen) atoms. The van der Waals surface area contributed by atoms with Gasteiger partial charge in [-0.15, -0.1) is 13.2 Å². The number of ether oxygens (including phenoxy) is 1. The lowest BCUT2D eigenvalue weighted by Gasteiger charge is -2.41. The van der Waals surface area contributed by atoms with Gasteiger partial charge in [-0.2, -0.15) is 5.26 Å². The molecule has 0 bridgehead atoms. The highest BCUT2D eigenvalue weighted by atomic mass is 19.4. The molecule has 1 saturated heterocycles. The van der Waals surface area contributed by atoms with E-state index in [0.717, 1.165) is 30.5 Å². The lowest BCUT2D eigenvalue weighted by molar-refractivity contribution is -0.274. The van der Waals surface area contributed by atoms with Crippen molar-refractivity contribution in [3.8, 4) is 11.8 Å². The van der Waals surface area contributed by atoms with Gasteiger partial charge in [0.15, 0.2) is 0 Å². The van der Waals surface area contributed by atoms with Gasteiger partial charge in [0.05, 0.1) is 30.2 Å². The number of aromatic nitrogens is 2. The minimum Gasteiger partial charge on any atom is -0.406 e. The number of anilines is 1. The zero-order chi connectivity index (χ0) is 26.4. The van der Waals surface area contributed by atoms with Gasteiger partial charge in [0.1, 0.15) is 5.75 Å². The van der Waals surface area contributed by atoms with Crippen LogP contribution in [0.5, 0.6) is 5.75 Å². The Labute approximate surface area is 213 Å². The van der Waals surface area contributed by atoms with Crippen molar-refractivity contribution in [1.82, 2.24) is 14.5 Å². The third-order valence-corrected chi connectivity index (χ3v) is 6.40. The van der Waals surface area contributed by atoms with E-state index in [9.17, 15) is 18.0 Å². The highest BCUT2D eigenvalue weighted by Crippen LogP contribution is 2.29. The molecule has 4 rings (SSSR count). The molecule has 0 aliphatic carbocycles. The van der Waals surface area contributed by atoms with E-state index in [0.29, 0.717) is 30.9 Å². The zero-order valence-corrected chi connectivity index (χ0v) is 20.5. The van der Waals surface area contributed by atoms with Gasteiger partial charge >= 0.3 is 6.36 Å². The van der Waals surface area contributed by atoms with E-state index >= 15 is 0 Å². The van der Waals surface area contributed by atoms with Crippen molar-refractivity contribution in [3.05, 3.63) is 77.9 Å². The van der Waals surface area contributed by atoms with Crippen LogP contribution in [0.1, 0.15) is 43.0 Å². The summed E-state index contributed by atoms with van der Waals surface area (Å²) in [5.41, 5.74) is 2.97. The normalized spacial score (nSPS) is 16.6. The molecule has 1 atom stereocenters. The van der Waals surface area contributed by atoms with Gasteiger partial charge in [-0.1, -0.05) is 38.0 Å². The fraction of sp³-hybridized carbons (Fsp3) is 0.370. The van der Waals surface area contributed by atoms with Crippen molar-refractivity contribution in [2.24, 2.45) is 0 Å². The molecule has 1 fully saturated rings. The van der Waals surface area contributed by atoms with Crippen molar-refractivity contribution in [2.45, 2.75) is 51.7 Å². The topological polar surface area (TPSA) is 74.4 Å². The first kappa shape index (κ1) is 26.2. The Morgan fingerprint density at radius 3 is 2.65 bits per heavy atom. The van der Waals surface area contributed by atoms with Gasteiger partial charge in [-0.05, 0) is 36.2 Å². The van der Waals surface area contributed by atoms with Gasteiger partial charge in [0.2, 0.25) is 5.91 Å². The van der Waals surface area contributed by atoms with Gasteiger partial charge < -0.3 is 14.2 Å². The Kier molecular flexibility index (Phi) is 8.14. The highest BCUT2D eigenvalue weighted by molar-refractivity contribution is 5.95. The van der Waals surface area contributed by atoms with Gasteiger partial charge in [-0.25, -0.2) is 4.98 Å². The van der Waals surface area contributed by atoms with E-state index < -0.39 is 6.36 Å². The van der Waals surface area contributed by atoms with E-state index in [4.69, 9.17) is 5.26 Å². The molecule has 10 heteroatoms. The molecule has 0 saturated carbocycles. The third kappa shape index (κ3) is 6.89. The van der Waals surface area contributed by atoms with Crippen LogP contribution in [0.2, 0.25) is 0 Å². The molecule has 2 heterocycles. The second-order valence-electron chi connectivity index (χ2n) is 9.07. The standard InChI is InChI=1S/C27H28F3N5O2/c1-2-3-5-23-17-35(22-6-4-7-25(12-22)37-27(28,29)30)26(36)18-33(23)16-24-14-32-19-34(24)15-21-10-8-20(13-31)9-11-21/h4,6-12,14,19,23H,2-3,5,15-18H2,1H3/t23-/m0/s1. The van der Waals surface area contributed by atoms with Gasteiger partial charge in [-0.3, -0.25) is 9.69 Å². The zero-order valence-electron chi connectivity index (χ0n) is 20.5. The third-order valence-electron chi connectivity index (χ3n) is 6.40. The summed E-state index contributed by atoms with van der Waals surface area (Å²) in [4.78, 5) is 21.1. The summed E-state index contributed by atoms with van der Waals surface area (Å²) in [5.74, 6) is -0.535. The van der Waals surface area contributed by atoms with Crippen molar-refractivity contribution in [3.63, 3.8) is 0 Å². The number of alkyl halides is 3. The number of rotatable bonds is 9. The van der Waals surface area contributed by atoms with E-state index in [2.05, 4.69) is 27.6 Å². The fourth-order valence-corrected chi connectivity index (χ4v) is 4.52. The van der Waals surface area contributed by atoms with Crippen LogP contribution in [0.25, 0.3) is 0 Å². The summed E-state index contributed by atoms with van der Waals surface area (Å²) in [5, 5.41) is 9.02. The molecule has 0 radical (unpaired) electrons. The quantitative estimate of drug-likeness (QED) is 0.399. The molecular formula is C27H28F3N5O2. The first-order valence-electron chi connectivity index (χ1n) is 12.1. The average Bonchev–Trinajstić information content (AvgIpc) is 3.29. The number of hydrogen-bond donors (Lipinski definition) is 0. The highest BCUT2D eigenvalue weighted by Gasteiger charge is 2.34. The number of nitrogens with zero attached hydrogens (tertiary/aromatic N) is 5. The van der Waals surface area contributed by atoms with E-state index in [-0.39, 0.29) is 24.2 Å². The molecule has 1 amide bonds. The van der Waals surface area contributed by atoms with Crippen LogP contribution in [0.15, 0.2) is 61.1 Å². The Morgan fingerprint density at radius 1 is 1.16 bits per heavy atom. The number of halogens is 3. The van der Waals surface area contributed by atoms with Gasteiger partial charge in [0, 0.05) is 43.6 Å². The molecule has 3 aromatic rings. The van der Waals surface area contributed by atoms with Crippen molar-refractivity contribution in [2.75, 3.05) is 18.0 Å². The molecule has 0 N–H and O–H groups in total. The van der Waals surface area contributed by atoms with Crippen LogP contribution in [0.3, 0.4) is 0 Å². The number of piperazine rings is 1. The lowest BCUT2D eigenvalue weighted by atomic mass is 10.0. The second-order valence-corrected chi connectivity index (χ2v) is 9.07. The predicted molar refractivity (Wildman–Crippen MR) is 132 cm³/mol. The molecule has 7 nitrogen and oxygen atoms in total. The summed E-state index contributed by atoms with van der Waals surface area (Å²) in [6.45, 7) is 3.71. The molecule has 194 valence electrons. The van der Waals surface area contributed by atoms with Crippen LogP contribution in [-0.4, -0.2) is 45.9 Å². The van der Waals surface area contributed by atoms with Crippen molar-refractivity contribution in [1.29, 1.82) is 5.26 Å². The summed E-state index contributed by atoms with van der Waals surface area (Å²) in [6.07, 6.45) is 1.54. The van der Waals surface area contributed by atoms with Crippen LogP contribution in [-0.2, 0) is 17.9 Å². The number of imidazole rings is 1. The van der Waals surface area contributed by atoms with Crippen molar-refractivity contribution >= 4 is 11.6 Å². The number of carbonyl (C=O) groups excluding carboxylic acids is 1. The smallest absolute Gasteiger partial charge is 0.406 e. The summed E-state index contributed by atoms with van der Waals surface area (Å²) < 4.78 is 44.2. The molecule has 1 aromatic heterocycles. The van der Waals surface area contributed by atoms with Crippen LogP contribution in [0, 0.1) is 11.3 Å². The largest absolute Gasteiger partial charge is 0.573 e. The maximum atomic E-state index is 13.2. The van der Waals surface area contributed by atoms with Crippen LogP contribution >= 0.6 is 0 Å². The Bertz CT molecular complexity index is 1250. The number of amides is 1. The summed E-state index contributed by atoms with van der Waals surface area (Å²) in [6, 6.07) is 15.1. The first-order chi connectivity index (χ1) is 17.8. The fourth-order valence-electron chi connectivity index (χ4n) is 4.52. The van der Waals surface area contributed by atoms with E-state index in [1.54, 1.807) is 35.6 Å². The van der Waals surface area contributed by atoms with Crippen molar-refractivity contribution < 1.29 is 22.7 Å². The summed E-state index contributed by atoms with van der Waals surface area (Å²) in [7, 11) is 0. The molecule has 2 aromatic carbocycles. The molecule has 1 aliphatic rings. The number of benzene rings is 2. The van der Waals surface area contributed by atoms with E-state index in [1.165, 1.54) is 18.2 Å². The Hall–Kier alpha value is -3.84. The first-order valence-corrected chi connectivity index (χ1v) is 12.1. The Morgan fingerprint density at radius 2 is 1.95 bits per heavy atom. The van der Waals surface area contributed by atoms with E-state index in [1.807, 2.05) is 16.7 Å². The average molecular weight is 512 g/mol. The van der Waals surface area contributed by atoms with Crippen LogP contribution < -0.4 is 9.64 Å². The number of hydrogen-bond acceptors (Lipinski definition) is 5. The lowest BCUT2D eigenvalue weighted by Crippen LogP contribution is -2.56. The monoisotopic (exact) mass is 511 g/mol. The molecular weight excluding hydrogens is 483 g/mol. The minimum atomic E-state index is -4.80. The number of unbranched alkanes of at least 4 members (excludes halogenated alkanes) is 1. The molecule has 0 spiro atoms. The Balaban J connectivity index is 1.50.